The van der Waals surface area contributed by atoms with Gasteiger partial charge in [-0.25, -0.2) is 4.98 Å². The van der Waals surface area contributed by atoms with Crippen molar-refractivity contribution < 1.29 is 4.79 Å². The first kappa shape index (κ1) is 10.9. The van der Waals surface area contributed by atoms with Crippen molar-refractivity contribution in [2.75, 3.05) is 0 Å². The van der Waals surface area contributed by atoms with E-state index in [4.69, 9.17) is 5.73 Å². The Morgan fingerprint density at radius 3 is 2.94 bits per heavy atom. The van der Waals surface area contributed by atoms with E-state index in [1.807, 2.05) is 24.3 Å². The molecule has 0 saturated heterocycles. The van der Waals surface area contributed by atoms with Crippen LogP contribution in [0.3, 0.4) is 0 Å². The van der Waals surface area contributed by atoms with Gasteiger partial charge in [0.2, 0.25) is 0 Å². The third-order valence-electron chi connectivity index (χ3n) is 2.55. The lowest BCUT2D eigenvalue weighted by atomic mass is 10.3. The van der Waals surface area contributed by atoms with E-state index in [-0.39, 0.29) is 0 Å². The van der Waals surface area contributed by atoms with E-state index >= 15 is 0 Å². The highest BCUT2D eigenvalue weighted by Gasteiger charge is 2.07. The fourth-order valence-electron chi connectivity index (χ4n) is 1.70. The Balaban J connectivity index is 1.88. The molecular formula is C12H10N4OS. The van der Waals surface area contributed by atoms with Crippen molar-refractivity contribution in [2.45, 2.75) is 6.54 Å². The molecule has 2 heterocycles. The Morgan fingerprint density at radius 1 is 1.39 bits per heavy atom. The number of para-hydroxylation sites is 1. The number of primary amides is 1. The molecule has 2 aromatic heterocycles. The topological polar surface area (TPSA) is 73.8 Å². The van der Waals surface area contributed by atoms with Crippen LogP contribution in [0.1, 0.15) is 15.4 Å². The van der Waals surface area contributed by atoms with Gasteiger partial charge in [-0.05, 0) is 12.1 Å². The zero-order valence-electron chi connectivity index (χ0n) is 9.41. The Kier molecular flexibility index (Phi) is 2.56. The third-order valence-corrected chi connectivity index (χ3v) is 3.57. The monoisotopic (exact) mass is 258 g/mol. The number of carbonyl (C=O) groups excluding carboxylic acids is 1. The number of nitrogens with zero attached hydrogens (tertiary/aromatic N) is 3. The van der Waals surface area contributed by atoms with Gasteiger partial charge in [0, 0.05) is 6.20 Å². The van der Waals surface area contributed by atoms with Crippen molar-refractivity contribution in [1.29, 1.82) is 0 Å². The van der Waals surface area contributed by atoms with Crippen LogP contribution in [0.2, 0.25) is 0 Å². The number of aromatic nitrogens is 3. The minimum absolute atomic E-state index is 0.413. The summed E-state index contributed by atoms with van der Waals surface area (Å²) < 4.78 is 2.81. The van der Waals surface area contributed by atoms with Gasteiger partial charge in [0.15, 0.2) is 0 Å². The molecule has 3 aromatic rings. The minimum atomic E-state index is -0.467. The molecule has 90 valence electrons. The number of benzene rings is 1. The minimum Gasteiger partial charge on any atom is -0.366 e. The summed E-state index contributed by atoms with van der Waals surface area (Å²) in [6.45, 7) is 0.548. The highest BCUT2D eigenvalue weighted by atomic mass is 32.1. The average Bonchev–Trinajstić information content (AvgIpc) is 2.94. The molecule has 0 unspecified atom stereocenters. The normalized spacial score (nSPS) is 10.9. The lowest BCUT2D eigenvalue weighted by Gasteiger charge is -1.95. The predicted octanol–water partition coefficient (Wildman–Crippen LogP) is 1.64. The molecule has 0 saturated carbocycles. The van der Waals surface area contributed by atoms with Crippen LogP contribution in [0.15, 0.2) is 36.7 Å². The third kappa shape index (κ3) is 1.98. The van der Waals surface area contributed by atoms with E-state index < -0.39 is 5.91 Å². The zero-order valence-corrected chi connectivity index (χ0v) is 10.2. The standard InChI is InChI=1S/C12H10N4OS/c13-12(17)8-5-14-16(6-8)7-11-15-9-3-1-2-4-10(9)18-11/h1-6H,7H2,(H2,13,17). The number of fused-ring (bicyclic) bond motifs is 1. The summed E-state index contributed by atoms with van der Waals surface area (Å²) in [4.78, 5) is 15.5. The molecule has 0 aliphatic rings. The van der Waals surface area contributed by atoms with E-state index in [1.54, 1.807) is 22.2 Å². The first-order chi connectivity index (χ1) is 8.72. The maximum Gasteiger partial charge on any atom is 0.251 e. The maximum absolute atomic E-state index is 11.0. The molecule has 0 atom stereocenters. The Hall–Kier alpha value is -2.21. The van der Waals surface area contributed by atoms with E-state index in [0.29, 0.717) is 12.1 Å². The Morgan fingerprint density at radius 2 is 2.22 bits per heavy atom. The SMILES string of the molecule is NC(=O)c1cnn(Cc2nc3ccccc3s2)c1. The Labute approximate surface area is 107 Å². The highest BCUT2D eigenvalue weighted by molar-refractivity contribution is 7.18. The molecule has 0 radical (unpaired) electrons. The second-order valence-corrected chi connectivity index (χ2v) is 4.98. The van der Waals surface area contributed by atoms with Crippen LogP contribution < -0.4 is 5.73 Å². The number of hydrogen-bond acceptors (Lipinski definition) is 4. The van der Waals surface area contributed by atoms with E-state index in [1.165, 1.54) is 6.20 Å². The molecule has 18 heavy (non-hydrogen) atoms. The summed E-state index contributed by atoms with van der Waals surface area (Å²) in [5, 5.41) is 5.04. The average molecular weight is 258 g/mol. The molecular weight excluding hydrogens is 248 g/mol. The fraction of sp³-hybridized carbons (Fsp3) is 0.0833. The quantitative estimate of drug-likeness (QED) is 0.776. The number of rotatable bonds is 3. The van der Waals surface area contributed by atoms with Gasteiger partial charge in [-0.3, -0.25) is 9.48 Å². The Bertz CT molecular complexity index is 683. The van der Waals surface area contributed by atoms with Gasteiger partial charge in [-0.2, -0.15) is 5.10 Å². The maximum atomic E-state index is 11.0. The summed E-state index contributed by atoms with van der Waals surface area (Å²) in [6, 6.07) is 7.97. The van der Waals surface area contributed by atoms with E-state index in [0.717, 1.165) is 15.2 Å². The van der Waals surface area contributed by atoms with Gasteiger partial charge in [0.05, 0.1) is 28.5 Å². The molecule has 0 spiro atoms. The molecule has 2 N–H and O–H groups in total. The van der Waals surface area contributed by atoms with Gasteiger partial charge in [-0.15, -0.1) is 11.3 Å². The number of hydrogen-bond donors (Lipinski definition) is 1. The smallest absolute Gasteiger partial charge is 0.251 e. The molecule has 1 amide bonds. The van der Waals surface area contributed by atoms with Crippen LogP contribution >= 0.6 is 11.3 Å². The number of thiazole rings is 1. The zero-order chi connectivity index (χ0) is 12.5. The molecule has 6 heteroatoms. The second-order valence-electron chi connectivity index (χ2n) is 3.87. The first-order valence-corrected chi connectivity index (χ1v) is 6.21. The number of nitrogens with two attached hydrogens (primary N) is 1. The number of amides is 1. The van der Waals surface area contributed by atoms with Crippen molar-refractivity contribution in [2.24, 2.45) is 5.73 Å². The highest BCUT2D eigenvalue weighted by Crippen LogP contribution is 2.21. The van der Waals surface area contributed by atoms with Gasteiger partial charge in [0.25, 0.3) is 5.91 Å². The summed E-state index contributed by atoms with van der Waals surface area (Å²) in [5.74, 6) is -0.467. The molecule has 0 bridgehead atoms. The first-order valence-electron chi connectivity index (χ1n) is 5.39. The predicted molar refractivity (Wildman–Crippen MR) is 69.5 cm³/mol. The van der Waals surface area contributed by atoms with Crippen LogP contribution in [0, 0.1) is 0 Å². The molecule has 5 nitrogen and oxygen atoms in total. The van der Waals surface area contributed by atoms with Crippen LogP contribution in [-0.4, -0.2) is 20.7 Å². The second kappa shape index (κ2) is 4.23. The van der Waals surface area contributed by atoms with Crippen LogP contribution in [0.5, 0.6) is 0 Å². The molecule has 3 rings (SSSR count). The van der Waals surface area contributed by atoms with Crippen LogP contribution in [-0.2, 0) is 6.54 Å². The van der Waals surface area contributed by atoms with Gasteiger partial charge < -0.3 is 5.73 Å². The molecule has 0 fully saturated rings. The summed E-state index contributed by atoms with van der Waals surface area (Å²) in [7, 11) is 0. The van der Waals surface area contributed by atoms with Crippen molar-refractivity contribution in [3.63, 3.8) is 0 Å². The largest absolute Gasteiger partial charge is 0.366 e. The molecule has 0 aliphatic carbocycles. The summed E-state index contributed by atoms with van der Waals surface area (Å²) in [6.07, 6.45) is 3.10. The van der Waals surface area contributed by atoms with Gasteiger partial charge >= 0.3 is 0 Å². The van der Waals surface area contributed by atoms with Gasteiger partial charge in [-0.1, -0.05) is 12.1 Å². The van der Waals surface area contributed by atoms with E-state index in [2.05, 4.69) is 10.1 Å². The van der Waals surface area contributed by atoms with Crippen molar-refractivity contribution in [3.05, 3.63) is 47.2 Å². The summed E-state index contributed by atoms with van der Waals surface area (Å²) >= 11 is 1.62. The molecule has 1 aromatic carbocycles. The number of carbonyl (C=O) groups is 1. The van der Waals surface area contributed by atoms with Gasteiger partial charge in [0.1, 0.15) is 5.01 Å². The van der Waals surface area contributed by atoms with E-state index in [9.17, 15) is 4.79 Å². The fourth-order valence-corrected chi connectivity index (χ4v) is 2.66. The summed E-state index contributed by atoms with van der Waals surface area (Å²) in [5.41, 5.74) is 6.58. The van der Waals surface area contributed by atoms with Crippen LogP contribution in [0.4, 0.5) is 0 Å². The lowest BCUT2D eigenvalue weighted by molar-refractivity contribution is 0.1000. The van der Waals surface area contributed by atoms with Crippen LogP contribution in [0.25, 0.3) is 10.2 Å². The van der Waals surface area contributed by atoms with Crippen molar-refractivity contribution in [1.82, 2.24) is 14.8 Å². The molecule has 0 aliphatic heterocycles. The lowest BCUT2D eigenvalue weighted by Crippen LogP contribution is -2.09. The van der Waals surface area contributed by atoms with Crippen molar-refractivity contribution in [3.8, 4) is 0 Å². The van der Waals surface area contributed by atoms with Crippen molar-refractivity contribution >= 4 is 27.5 Å².